The van der Waals surface area contributed by atoms with E-state index in [1.54, 1.807) is 13.8 Å². The lowest BCUT2D eigenvalue weighted by atomic mass is 10.1. The van der Waals surface area contributed by atoms with Crippen LogP contribution in [0.5, 0.6) is 0 Å². The van der Waals surface area contributed by atoms with Crippen molar-refractivity contribution in [1.82, 2.24) is 16.0 Å². The summed E-state index contributed by atoms with van der Waals surface area (Å²) in [6.07, 6.45) is 0. The summed E-state index contributed by atoms with van der Waals surface area (Å²) in [4.78, 5) is 45.6. The van der Waals surface area contributed by atoms with Crippen molar-refractivity contribution in [2.45, 2.75) is 32.9 Å². The minimum absolute atomic E-state index is 0. The highest BCUT2D eigenvalue weighted by molar-refractivity contribution is 8.00. The SMILES string of the molecule is CC(C)SCC(=O)NCC(=O)NCC(=O)NCC(=O)C(C)C.[HH].[HH].[HH]. The van der Waals surface area contributed by atoms with Crippen LogP contribution < -0.4 is 16.0 Å². The minimum atomic E-state index is -0.451. The van der Waals surface area contributed by atoms with Gasteiger partial charge in [-0.2, -0.15) is 0 Å². The molecule has 3 amide bonds. The molecule has 3 N–H and O–H groups in total. The summed E-state index contributed by atoms with van der Waals surface area (Å²) < 4.78 is 0. The van der Waals surface area contributed by atoms with E-state index >= 15 is 0 Å². The number of Topliss-reactive ketones (excluding diaryl/α,β-unsaturated/α-hetero) is 1. The highest BCUT2D eigenvalue weighted by atomic mass is 32.2. The smallest absolute Gasteiger partial charge is 0.239 e. The Morgan fingerprint density at radius 1 is 0.818 bits per heavy atom. The van der Waals surface area contributed by atoms with Gasteiger partial charge in [0, 0.05) is 10.2 Å². The third kappa shape index (κ3) is 11.1. The summed E-state index contributed by atoms with van der Waals surface area (Å²) in [5.41, 5.74) is 0. The summed E-state index contributed by atoms with van der Waals surface area (Å²) in [7, 11) is 0. The number of carbonyl (C=O) groups excluding carboxylic acids is 4. The normalized spacial score (nSPS) is 10.5. The number of carbonyl (C=O) groups is 4. The van der Waals surface area contributed by atoms with Crippen LogP contribution in [0.2, 0.25) is 0 Å². The summed E-state index contributed by atoms with van der Waals surface area (Å²) in [5.74, 6) is -1.04. The lowest BCUT2D eigenvalue weighted by Crippen LogP contribution is -2.43. The maximum Gasteiger partial charge on any atom is 0.239 e. The fourth-order valence-corrected chi connectivity index (χ4v) is 1.75. The van der Waals surface area contributed by atoms with Gasteiger partial charge < -0.3 is 16.0 Å². The molecule has 7 nitrogen and oxygen atoms in total. The predicted molar refractivity (Wildman–Crippen MR) is 92.8 cm³/mol. The van der Waals surface area contributed by atoms with Crippen LogP contribution in [0.3, 0.4) is 0 Å². The van der Waals surface area contributed by atoms with Gasteiger partial charge in [-0.05, 0) is 5.25 Å². The van der Waals surface area contributed by atoms with Crippen molar-refractivity contribution >= 4 is 35.3 Å². The van der Waals surface area contributed by atoms with Gasteiger partial charge in [-0.1, -0.05) is 27.7 Å². The molecule has 0 heterocycles. The second kappa shape index (κ2) is 11.1. The third-order valence-corrected chi connectivity index (χ3v) is 3.64. The Bertz CT molecular complexity index is 424. The van der Waals surface area contributed by atoms with Crippen LogP contribution in [0.15, 0.2) is 0 Å². The number of hydrogen-bond donors (Lipinski definition) is 3. The van der Waals surface area contributed by atoms with Gasteiger partial charge in [0.15, 0.2) is 5.78 Å². The molecule has 0 fully saturated rings. The largest absolute Gasteiger partial charge is 0.347 e. The average molecular weight is 337 g/mol. The van der Waals surface area contributed by atoms with Crippen LogP contribution in [0, 0.1) is 5.92 Å². The molecule has 0 radical (unpaired) electrons. The van der Waals surface area contributed by atoms with E-state index in [4.69, 9.17) is 0 Å². The van der Waals surface area contributed by atoms with Crippen LogP contribution in [-0.4, -0.2) is 54.1 Å². The molecule has 22 heavy (non-hydrogen) atoms. The molecule has 0 aliphatic carbocycles. The predicted octanol–water partition coefficient (Wildman–Crippen LogP) is 0.440. The van der Waals surface area contributed by atoms with Crippen LogP contribution in [-0.2, 0) is 19.2 Å². The number of ketones is 1. The first kappa shape index (κ1) is 20.4. The van der Waals surface area contributed by atoms with Crippen molar-refractivity contribution in [3.63, 3.8) is 0 Å². The van der Waals surface area contributed by atoms with Crippen molar-refractivity contribution in [2.24, 2.45) is 5.92 Å². The van der Waals surface area contributed by atoms with Gasteiger partial charge in [-0.25, -0.2) is 0 Å². The second-order valence-electron chi connectivity index (χ2n) is 5.31. The van der Waals surface area contributed by atoms with Gasteiger partial charge in [0.25, 0.3) is 0 Å². The zero-order chi connectivity index (χ0) is 17.1. The summed E-state index contributed by atoms with van der Waals surface area (Å²) >= 11 is 1.48. The Balaban J connectivity index is -0.000000735. The Morgan fingerprint density at radius 2 is 1.27 bits per heavy atom. The van der Waals surface area contributed by atoms with Gasteiger partial charge in [-0.15, -0.1) is 11.8 Å². The number of thioether (sulfide) groups is 1. The average Bonchev–Trinajstić information content (AvgIpc) is 2.45. The quantitative estimate of drug-likeness (QED) is 0.536. The summed E-state index contributed by atoms with van der Waals surface area (Å²) in [6, 6.07) is 0. The van der Waals surface area contributed by atoms with Crippen LogP contribution >= 0.6 is 11.8 Å². The number of rotatable bonds is 10. The first-order valence-corrected chi connectivity index (χ1v) is 8.21. The number of nitrogens with one attached hydrogen (secondary N) is 3. The molecule has 0 spiro atoms. The Hall–Kier alpha value is -1.57. The van der Waals surface area contributed by atoms with Crippen LogP contribution in [0.4, 0.5) is 0 Å². The van der Waals surface area contributed by atoms with Crippen LogP contribution in [0.25, 0.3) is 0 Å². The van der Waals surface area contributed by atoms with Crippen molar-refractivity contribution in [2.75, 3.05) is 25.4 Å². The van der Waals surface area contributed by atoms with E-state index in [1.807, 2.05) is 13.8 Å². The Morgan fingerprint density at radius 3 is 1.73 bits per heavy atom. The molecule has 8 heteroatoms. The van der Waals surface area contributed by atoms with E-state index in [-0.39, 0.29) is 41.5 Å². The van der Waals surface area contributed by atoms with E-state index in [9.17, 15) is 19.2 Å². The van der Waals surface area contributed by atoms with Crippen molar-refractivity contribution in [1.29, 1.82) is 0 Å². The first-order valence-electron chi connectivity index (χ1n) is 7.16. The van der Waals surface area contributed by atoms with Gasteiger partial charge in [0.05, 0.1) is 25.4 Å². The molecule has 0 aliphatic rings. The van der Waals surface area contributed by atoms with Gasteiger partial charge in [0.2, 0.25) is 17.7 Å². The zero-order valence-electron chi connectivity index (χ0n) is 13.5. The summed E-state index contributed by atoms with van der Waals surface area (Å²) in [6.45, 7) is 7.01. The van der Waals surface area contributed by atoms with Crippen molar-refractivity contribution < 1.29 is 23.5 Å². The molecule has 0 aliphatic heterocycles. The standard InChI is InChI=1S/C14H25N3O4S.3H2/c1-9(2)11(18)5-15-12(19)6-16-13(20)7-17-14(21)8-22-10(3)4;;;/h9-10H,5-8H2,1-4H3,(H,15,19)(H,16,20)(H,17,21);3*1H. The van der Waals surface area contributed by atoms with E-state index in [0.717, 1.165) is 0 Å². The molecule has 0 aromatic rings. The molecule has 0 rings (SSSR count). The summed E-state index contributed by atoms with van der Waals surface area (Å²) in [5, 5.41) is 7.61. The maximum absolute atomic E-state index is 11.5. The van der Waals surface area contributed by atoms with E-state index in [2.05, 4.69) is 16.0 Å². The molecular formula is C14H31N3O4S. The molecule has 0 atom stereocenters. The molecular weight excluding hydrogens is 306 g/mol. The molecule has 0 bridgehead atoms. The highest BCUT2D eigenvalue weighted by Gasteiger charge is 2.11. The lowest BCUT2D eigenvalue weighted by Gasteiger charge is -2.09. The lowest BCUT2D eigenvalue weighted by molar-refractivity contribution is -0.128. The van der Waals surface area contributed by atoms with Crippen molar-refractivity contribution in [3.05, 3.63) is 0 Å². The monoisotopic (exact) mass is 337 g/mol. The topological polar surface area (TPSA) is 104 Å². The maximum atomic E-state index is 11.5. The Kier molecular flexibility index (Phi) is 10.3. The molecule has 132 valence electrons. The van der Waals surface area contributed by atoms with E-state index < -0.39 is 11.8 Å². The fourth-order valence-electron chi connectivity index (χ4n) is 1.17. The third-order valence-electron chi connectivity index (χ3n) is 2.54. The van der Waals surface area contributed by atoms with E-state index in [0.29, 0.717) is 11.0 Å². The second-order valence-corrected chi connectivity index (χ2v) is 6.88. The van der Waals surface area contributed by atoms with Gasteiger partial charge in [0.1, 0.15) is 0 Å². The van der Waals surface area contributed by atoms with Gasteiger partial charge >= 0.3 is 0 Å². The number of hydrogen-bond acceptors (Lipinski definition) is 5. The molecule has 0 aromatic carbocycles. The first-order chi connectivity index (χ1) is 10.2. The van der Waals surface area contributed by atoms with Crippen molar-refractivity contribution in [3.8, 4) is 0 Å². The Labute approximate surface area is 139 Å². The zero-order valence-corrected chi connectivity index (χ0v) is 14.3. The fraction of sp³-hybridized carbons (Fsp3) is 0.714. The molecule has 0 aromatic heterocycles. The minimum Gasteiger partial charge on any atom is -0.347 e. The number of amides is 3. The molecule has 0 saturated heterocycles. The van der Waals surface area contributed by atoms with Gasteiger partial charge in [-0.3, -0.25) is 19.2 Å². The highest BCUT2D eigenvalue weighted by Crippen LogP contribution is 2.07. The van der Waals surface area contributed by atoms with Crippen LogP contribution in [0.1, 0.15) is 32.0 Å². The molecule has 0 unspecified atom stereocenters. The molecule has 0 saturated carbocycles. The van der Waals surface area contributed by atoms with E-state index in [1.165, 1.54) is 11.8 Å².